The van der Waals surface area contributed by atoms with Gasteiger partial charge in [-0.3, -0.25) is 19.3 Å². The number of hydrogen-bond donors (Lipinski definition) is 1. The fourth-order valence-corrected chi connectivity index (χ4v) is 4.25. The molecule has 7 heteroatoms. The zero-order valence-corrected chi connectivity index (χ0v) is 17.7. The lowest BCUT2D eigenvalue weighted by atomic mass is 10.1. The Bertz CT molecular complexity index is 979. The molecule has 0 spiro atoms. The summed E-state index contributed by atoms with van der Waals surface area (Å²) in [6.07, 6.45) is 0.0498. The van der Waals surface area contributed by atoms with E-state index in [1.54, 1.807) is 31.3 Å². The number of nitrogens with zero attached hydrogens (tertiary/aromatic N) is 2. The highest BCUT2D eigenvalue weighted by molar-refractivity contribution is 8.15. The third kappa shape index (κ3) is 5.12. The summed E-state index contributed by atoms with van der Waals surface area (Å²) >= 11 is 1.30. The first-order chi connectivity index (χ1) is 13.7. The molecular weight excluding hydrogens is 386 g/mol. The van der Waals surface area contributed by atoms with Crippen molar-refractivity contribution in [2.75, 3.05) is 12.4 Å². The van der Waals surface area contributed by atoms with Crippen LogP contribution in [-0.4, -0.2) is 40.0 Å². The standard InChI is InChI=1S/C22H23N3O3S/c1-13-9-14(2)11-18(10-13)24-22-25(4)21(28)19(29-22)12-20(27)23-17-7-5-16(6-8-17)15(3)26/h5-11,19H,12H2,1-4H3,(H,23,27). The molecule has 1 N–H and O–H groups in total. The highest BCUT2D eigenvalue weighted by Gasteiger charge is 2.37. The predicted molar refractivity (Wildman–Crippen MR) is 117 cm³/mol. The lowest BCUT2D eigenvalue weighted by molar-refractivity contribution is -0.127. The Hall–Kier alpha value is -2.93. The maximum Gasteiger partial charge on any atom is 0.242 e. The molecule has 0 aliphatic carbocycles. The van der Waals surface area contributed by atoms with Gasteiger partial charge in [0.1, 0.15) is 5.25 Å². The quantitative estimate of drug-likeness (QED) is 0.754. The Morgan fingerprint density at radius 1 is 1.10 bits per heavy atom. The van der Waals surface area contributed by atoms with Gasteiger partial charge in [0.15, 0.2) is 11.0 Å². The van der Waals surface area contributed by atoms with E-state index in [2.05, 4.69) is 16.4 Å². The van der Waals surface area contributed by atoms with E-state index < -0.39 is 5.25 Å². The molecule has 3 rings (SSSR count). The number of hydrogen-bond acceptors (Lipinski definition) is 5. The van der Waals surface area contributed by atoms with E-state index in [4.69, 9.17) is 0 Å². The molecule has 2 aromatic carbocycles. The average molecular weight is 410 g/mol. The number of thioether (sulfide) groups is 1. The third-order valence-corrected chi connectivity index (χ3v) is 5.75. The minimum absolute atomic E-state index is 0.0329. The summed E-state index contributed by atoms with van der Waals surface area (Å²) in [6, 6.07) is 12.7. The summed E-state index contributed by atoms with van der Waals surface area (Å²) in [6.45, 7) is 5.50. The van der Waals surface area contributed by atoms with Crippen LogP contribution in [0.15, 0.2) is 47.5 Å². The second-order valence-electron chi connectivity index (χ2n) is 7.13. The van der Waals surface area contributed by atoms with Crippen molar-refractivity contribution in [2.45, 2.75) is 32.4 Å². The van der Waals surface area contributed by atoms with E-state index >= 15 is 0 Å². The molecule has 150 valence electrons. The van der Waals surface area contributed by atoms with Crippen LogP contribution in [0.5, 0.6) is 0 Å². The molecular formula is C22H23N3O3S. The summed E-state index contributed by atoms with van der Waals surface area (Å²) in [5.41, 5.74) is 4.17. The van der Waals surface area contributed by atoms with E-state index in [-0.39, 0.29) is 24.0 Å². The van der Waals surface area contributed by atoms with Gasteiger partial charge in [-0.15, -0.1) is 0 Å². The van der Waals surface area contributed by atoms with Crippen LogP contribution in [0.1, 0.15) is 34.8 Å². The molecule has 0 radical (unpaired) electrons. The van der Waals surface area contributed by atoms with Crippen molar-refractivity contribution in [1.29, 1.82) is 0 Å². The first-order valence-corrected chi connectivity index (χ1v) is 10.1. The number of amides is 2. The second kappa shape index (κ2) is 8.61. The van der Waals surface area contributed by atoms with Gasteiger partial charge in [0.05, 0.1) is 5.69 Å². The fraction of sp³-hybridized carbons (Fsp3) is 0.273. The number of Topliss-reactive ketones (excluding diaryl/α,β-unsaturated/α-hetero) is 1. The maximum atomic E-state index is 12.6. The maximum absolute atomic E-state index is 12.6. The highest BCUT2D eigenvalue weighted by atomic mass is 32.2. The summed E-state index contributed by atoms with van der Waals surface area (Å²) in [5.74, 6) is -0.429. The molecule has 6 nitrogen and oxygen atoms in total. The van der Waals surface area contributed by atoms with E-state index in [0.717, 1.165) is 16.8 Å². The van der Waals surface area contributed by atoms with E-state index in [0.29, 0.717) is 16.4 Å². The van der Waals surface area contributed by atoms with Crippen molar-refractivity contribution < 1.29 is 14.4 Å². The van der Waals surface area contributed by atoms with E-state index in [1.807, 2.05) is 26.0 Å². The number of carbonyl (C=O) groups is 3. The number of carbonyl (C=O) groups excluding carboxylic acids is 3. The van der Waals surface area contributed by atoms with Crippen molar-refractivity contribution in [1.82, 2.24) is 4.90 Å². The van der Waals surface area contributed by atoms with Crippen LogP contribution in [0.25, 0.3) is 0 Å². The third-order valence-electron chi connectivity index (χ3n) is 4.52. The molecule has 0 saturated carbocycles. The molecule has 1 atom stereocenters. The number of aliphatic imine (C=N–C) groups is 1. The topological polar surface area (TPSA) is 78.8 Å². The number of ketones is 1. The number of aryl methyl sites for hydroxylation is 2. The Morgan fingerprint density at radius 3 is 2.31 bits per heavy atom. The van der Waals surface area contributed by atoms with E-state index in [1.165, 1.54) is 23.6 Å². The van der Waals surface area contributed by atoms with Crippen molar-refractivity contribution in [3.63, 3.8) is 0 Å². The molecule has 0 aromatic heterocycles. The van der Waals surface area contributed by atoms with Crippen LogP contribution < -0.4 is 5.32 Å². The van der Waals surface area contributed by atoms with Gasteiger partial charge in [0.25, 0.3) is 0 Å². The Morgan fingerprint density at radius 2 is 1.72 bits per heavy atom. The SMILES string of the molecule is CC(=O)c1ccc(NC(=O)CC2SC(=Nc3cc(C)cc(C)c3)N(C)C2=O)cc1. The monoisotopic (exact) mass is 409 g/mol. The Balaban J connectivity index is 1.66. The number of benzene rings is 2. The second-order valence-corrected chi connectivity index (χ2v) is 8.30. The predicted octanol–water partition coefficient (Wildman–Crippen LogP) is 4.10. The Kier molecular flexibility index (Phi) is 6.17. The first kappa shape index (κ1) is 20.8. The van der Waals surface area contributed by atoms with Gasteiger partial charge in [0, 0.05) is 24.7 Å². The molecule has 29 heavy (non-hydrogen) atoms. The molecule has 2 amide bonds. The number of rotatable bonds is 5. The smallest absolute Gasteiger partial charge is 0.242 e. The largest absolute Gasteiger partial charge is 0.326 e. The van der Waals surface area contributed by atoms with Gasteiger partial charge in [-0.2, -0.15) is 0 Å². The van der Waals surface area contributed by atoms with Crippen LogP contribution in [0.3, 0.4) is 0 Å². The molecule has 1 fully saturated rings. The van der Waals surface area contributed by atoms with Gasteiger partial charge in [-0.25, -0.2) is 4.99 Å². The molecule has 1 saturated heterocycles. The summed E-state index contributed by atoms with van der Waals surface area (Å²) in [7, 11) is 1.68. The van der Waals surface area contributed by atoms with Crippen LogP contribution in [0.4, 0.5) is 11.4 Å². The lowest BCUT2D eigenvalue weighted by Crippen LogP contribution is -2.30. The molecule has 1 unspecified atom stereocenters. The van der Waals surface area contributed by atoms with Crippen molar-refractivity contribution in [2.24, 2.45) is 4.99 Å². The molecule has 2 aromatic rings. The normalized spacial score (nSPS) is 17.7. The van der Waals surface area contributed by atoms with Crippen molar-refractivity contribution in [3.05, 3.63) is 59.2 Å². The molecule has 0 bridgehead atoms. The van der Waals surface area contributed by atoms with Gasteiger partial charge < -0.3 is 5.32 Å². The first-order valence-electron chi connectivity index (χ1n) is 9.25. The van der Waals surface area contributed by atoms with Gasteiger partial charge in [-0.1, -0.05) is 17.8 Å². The van der Waals surface area contributed by atoms with Crippen LogP contribution in [0, 0.1) is 13.8 Å². The van der Waals surface area contributed by atoms with E-state index in [9.17, 15) is 14.4 Å². The molecule has 1 heterocycles. The number of anilines is 1. The summed E-state index contributed by atoms with van der Waals surface area (Å²) in [4.78, 5) is 42.4. The van der Waals surface area contributed by atoms with Gasteiger partial charge in [0.2, 0.25) is 11.8 Å². The van der Waals surface area contributed by atoms with Crippen molar-refractivity contribution in [3.8, 4) is 0 Å². The summed E-state index contributed by atoms with van der Waals surface area (Å²) < 4.78 is 0. The average Bonchev–Trinajstić information content (AvgIpc) is 2.89. The highest BCUT2D eigenvalue weighted by Crippen LogP contribution is 2.31. The summed E-state index contributed by atoms with van der Waals surface area (Å²) in [5, 5.41) is 2.85. The molecule has 1 aliphatic rings. The van der Waals surface area contributed by atoms with Crippen LogP contribution in [-0.2, 0) is 9.59 Å². The number of nitrogens with one attached hydrogen (secondary N) is 1. The zero-order valence-electron chi connectivity index (χ0n) is 16.9. The van der Waals surface area contributed by atoms with Crippen LogP contribution in [0.2, 0.25) is 0 Å². The van der Waals surface area contributed by atoms with Gasteiger partial charge in [-0.05, 0) is 68.3 Å². The van der Waals surface area contributed by atoms with Crippen molar-refractivity contribution >= 4 is 45.9 Å². The lowest BCUT2D eigenvalue weighted by Gasteiger charge is -2.10. The van der Waals surface area contributed by atoms with Gasteiger partial charge >= 0.3 is 0 Å². The molecule has 1 aliphatic heterocycles. The van der Waals surface area contributed by atoms with Crippen LogP contribution >= 0.6 is 11.8 Å². The minimum Gasteiger partial charge on any atom is -0.326 e. The Labute approximate surface area is 174 Å². The zero-order chi connectivity index (χ0) is 21.1. The number of amidine groups is 1. The fourth-order valence-electron chi connectivity index (χ4n) is 3.09. The minimum atomic E-state index is -0.513.